The van der Waals surface area contributed by atoms with Crippen LogP contribution in [0, 0.1) is 11.3 Å². The van der Waals surface area contributed by atoms with Crippen molar-refractivity contribution in [1.29, 1.82) is 5.26 Å². The van der Waals surface area contributed by atoms with E-state index in [-0.39, 0.29) is 25.0 Å². The molecule has 6 nitrogen and oxygen atoms in total. The molecule has 0 saturated carbocycles. The summed E-state index contributed by atoms with van der Waals surface area (Å²) in [4.78, 5) is 25.0. The fourth-order valence-corrected chi connectivity index (χ4v) is 2.37. The Balaban J connectivity index is 2.58. The number of anilines is 1. The van der Waals surface area contributed by atoms with Crippen LogP contribution in [0.1, 0.15) is 12.5 Å². The fourth-order valence-electron chi connectivity index (χ4n) is 1.62. The number of nitriles is 1. The average Bonchev–Trinajstić information content (AvgIpc) is 2.86. The van der Waals surface area contributed by atoms with Gasteiger partial charge in [0.1, 0.15) is 11.1 Å². The van der Waals surface area contributed by atoms with Gasteiger partial charge in [0.15, 0.2) is 0 Å². The Morgan fingerprint density at radius 1 is 1.57 bits per heavy atom. The Labute approximate surface area is 127 Å². The summed E-state index contributed by atoms with van der Waals surface area (Å²) in [5.74, 6) is -0.680. The Bertz CT molecular complexity index is 548. The van der Waals surface area contributed by atoms with E-state index in [0.29, 0.717) is 23.7 Å². The molecule has 0 atom stereocenters. The van der Waals surface area contributed by atoms with Gasteiger partial charge in [-0.1, -0.05) is 6.08 Å². The molecule has 1 aromatic heterocycles. The normalized spacial score (nSPS) is 9.95. The molecule has 0 bridgehead atoms. The monoisotopic (exact) mass is 307 g/mol. The second kappa shape index (κ2) is 8.89. The number of esters is 1. The number of nitrogens with zero attached hydrogens (tertiary/aromatic N) is 2. The van der Waals surface area contributed by atoms with Crippen molar-refractivity contribution >= 4 is 28.2 Å². The van der Waals surface area contributed by atoms with Crippen LogP contribution in [0.15, 0.2) is 24.1 Å². The molecule has 0 fully saturated rings. The van der Waals surface area contributed by atoms with Gasteiger partial charge in [0.25, 0.3) is 0 Å². The van der Waals surface area contributed by atoms with E-state index in [4.69, 9.17) is 10.00 Å². The summed E-state index contributed by atoms with van der Waals surface area (Å²) in [5, 5.41) is 13.8. The number of amides is 1. The molecular weight excluding hydrogens is 290 g/mol. The molecule has 112 valence electrons. The Morgan fingerprint density at radius 3 is 2.95 bits per heavy atom. The first kappa shape index (κ1) is 16.9. The van der Waals surface area contributed by atoms with E-state index in [1.54, 1.807) is 29.3 Å². The van der Waals surface area contributed by atoms with Crippen molar-refractivity contribution in [3.05, 3.63) is 29.7 Å². The zero-order chi connectivity index (χ0) is 15.7. The van der Waals surface area contributed by atoms with Crippen LogP contribution in [0.4, 0.5) is 5.00 Å². The summed E-state index contributed by atoms with van der Waals surface area (Å²) in [5.41, 5.74) is 0.425. The molecule has 0 unspecified atom stereocenters. The van der Waals surface area contributed by atoms with Crippen molar-refractivity contribution in [1.82, 2.24) is 4.90 Å². The van der Waals surface area contributed by atoms with Crippen LogP contribution < -0.4 is 5.32 Å². The third kappa shape index (κ3) is 5.77. The van der Waals surface area contributed by atoms with Crippen molar-refractivity contribution in [3.63, 3.8) is 0 Å². The SMILES string of the molecule is C=CCN(CC(=O)Nc1sccc1C#N)CC(=O)OCC. The van der Waals surface area contributed by atoms with Gasteiger partial charge in [0, 0.05) is 6.54 Å². The summed E-state index contributed by atoms with van der Waals surface area (Å²) in [6.07, 6.45) is 1.61. The second-order valence-electron chi connectivity index (χ2n) is 4.09. The van der Waals surface area contributed by atoms with E-state index in [1.807, 2.05) is 6.07 Å². The Kier molecular flexibility index (Phi) is 7.15. The molecule has 1 rings (SSSR count). The van der Waals surface area contributed by atoms with E-state index in [9.17, 15) is 9.59 Å². The minimum absolute atomic E-state index is 0.0167. The predicted octanol–water partition coefficient (Wildman–Crippen LogP) is 1.61. The maximum Gasteiger partial charge on any atom is 0.320 e. The van der Waals surface area contributed by atoms with Gasteiger partial charge in [-0.2, -0.15) is 5.26 Å². The zero-order valence-corrected chi connectivity index (χ0v) is 12.6. The molecule has 0 aliphatic carbocycles. The minimum Gasteiger partial charge on any atom is -0.465 e. The van der Waals surface area contributed by atoms with Crippen LogP contribution in [-0.4, -0.2) is 43.0 Å². The van der Waals surface area contributed by atoms with Gasteiger partial charge in [-0.25, -0.2) is 0 Å². The highest BCUT2D eigenvalue weighted by molar-refractivity contribution is 7.14. The van der Waals surface area contributed by atoms with Crippen molar-refractivity contribution in [2.45, 2.75) is 6.92 Å². The molecule has 1 N–H and O–H groups in total. The third-order valence-corrected chi connectivity index (χ3v) is 3.28. The molecular formula is C14H17N3O3S. The van der Waals surface area contributed by atoms with Gasteiger partial charge < -0.3 is 10.1 Å². The second-order valence-corrected chi connectivity index (χ2v) is 5.00. The predicted molar refractivity (Wildman–Crippen MR) is 80.9 cm³/mol. The summed E-state index contributed by atoms with van der Waals surface area (Å²) in [7, 11) is 0. The highest BCUT2D eigenvalue weighted by Crippen LogP contribution is 2.21. The van der Waals surface area contributed by atoms with Crippen LogP contribution in [0.25, 0.3) is 0 Å². The quantitative estimate of drug-likeness (QED) is 0.583. The number of hydrogen-bond donors (Lipinski definition) is 1. The van der Waals surface area contributed by atoms with Crippen LogP contribution in [0.2, 0.25) is 0 Å². The lowest BCUT2D eigenvalue weighted by Crippen LogP contribution is -2.37. The molecule has 21 heavy (non-hydrogen) atoms. The Hall–Kier alpha value is -2.17. The molecule has 0 spiro atoms. The van der Waals surface area contributed by atoms with Crippen LogP contribution in [0.3, 0.4) is 0 Å². The smallest absolute Gasteiger partial charge is 0.320 e. The van der Waals surface area contributed by atoms with E-state index in [0.717, 1.165) is 0 Å². The van der Waals surface area contributed by atoms with Crippen molar-refractivity contribution in [3.8, 4) is 6.07 Å². The van der Waals surface area contributed by atoms with E-state index < -0.39 is 0 Å². The summed E-state index contributed by atoms with van der Waals surface area (Å²) < 4.78 is 4.86. The Morgan fingerprint density at radius 2 is 2.33 bits per heavy atom. The number of carbonyl (C=O) groups excluding carboxylic acids is 2. The lowest BCUT2D eigenvalue weighted by Gasteiger charge is -2.18. The number of carbonyl (C=O) groups is 2. The molecule has 0 saturated heterocycles. The van der Waals surface area contributed by atoms with Crippen molar-refractivity contribution in [2.24, 2.45) is 0 Å². The number of thiophene rings is 1. The topological polar surface area (TPSA) is 82.4 Å². The van der Waals surface area contributed by atoms with Crippen LogP contribution in [-0.2, 0) is 14.3 Å². The van der Waals surface area contributed by atoms with Gasteiger partial charge >= 0.3 is 5.97 Å². The van der Waals surface area contributed by atoms with Gasteiger partial charge in [-0.15, -0.1) is 17.9 Å². The maximum atomic E-state index is 12.0. The zero-order valence-electron chi connectivity index (χ0n) is 11.8. The fraction of sp³-hybridized carbons (Fsp3) is 0.357. The van der Waals surface area contributed by atoms with Gasteiger partial charge in [-0.05, 0) is 18.4 Å². The lowest BCUT2D eigenvalue weighted by atomic mass is 10.3. The molecule has 0 aromatic carbocycles. The number of nitrogens with one attached hydrogen (secondary N) is 1. The summed E-state index contributed by atoms with van der Waals surface area (Å²) in [6.45, 7) is 6.05. The highest BCUT2D eigenvalue weighted by Gasteiger charge is 2.15. The van der Waals surface area contributed by atoms with E-state index in [2.05, 4.69) is 11.9 Å². The van der Waals surface area contributed by atoms with Crippen molar-refractivity contribution in [2.75, 3.05) is 31.6 Å². The first-order chi connectivity index (χ1) is 10.1. The molecule has 7 heteroatoms. The van der Waals surface area contributed by atoms with Gasteiger partial charge in [0.2, 0.25) is 5.91 Å². The van der Waals surface area contributed by atoms with Gasteiger partial charge in [0.05, 0.1) is 25.3 Å². The third-order valence-electron chi connectivity index (χ3n) is 2.45. The van der Waals surface area contributed by atoms with Gasteiger partial charge in [-0.3, -0.25) is 14.5 Å². The lowest BCUT2D eigenvalue weighted by molar-refractivity contribution is -0.144. The number of hydrogen-bond acceptors (Lipinski definition) is 6. The van der Waals surface area contributed by atoms with E-state index >= 15 is 0 Å². The summed E-state index contributed by atoms with van der Waals surface area (Å²) >= 11 is 1.28. The molecule has 0 aliphatic heterocycles. The standard InChI is InChI=1S/C14H17N3O3S/c1-3-6-17(10-13(19)20-4-2)9-12(18)16-14-11(8-15)5-7-21-14/h3,5,7H,1,4,6,9-10H2,2H3,(H,16,18). The average molecular weight is 307 g/mol. The highest BCUT2D eigenvalue weighted by atomic mass is 32.1. The number of rotatable bonds is 8. The van der Waals surface area contributed by atoms with E-state index in [1.165, 1.54) is 11.3 Å². The first-order valence-corrected chi connectivity index (χ1v) is 7.25. The molecule has 1 aromatic rings. The molecule has 1 heterocycles. The van der Waals surface area contributed by atoms with Crippen LogP contribution in [0.5, 0.6) is 0 Å². The largest absolute Gasteiger partial charge is 0.465 e. The maximum absolute atomic E-state index is 12.0. The van der Waals surface area contributed by atoms with Crippen molar-refractivity contribution < 1.29 is 14.3 Å². The molecule has 1 amide bonds. The van der Waals surface area contributed by atoms with Crippen LogP contribution >= 0.6 is 11.3 Å². The molecule has 0 radical (unpaired) electrons. The number of ether oxygens (including phenoxy) is 1. The molecule has 0 aliphatic rings. The first-order valence-electron chi connectivity index (χ1n) is 6.37. The minimum atomic E-state index is -0.388. The summed E-state index contributed by atoms with van der Waals surface area (Å²) in [6, 6.07) is 3.64.